The van der Waals surface area contributed by atoms with E-state index in [1.807, 2.05) is 0 Å². The molecule has 0 radical (unpaired) electrons. The molecule has 1 aliphatic heterocycles. The molecular formula is C16H18N2O5. The molecule has 0 aromatic carbocycles. The average Bonchev–Trinajstić information content (AvgIpc) is 3.03. The van der Waals surface area contributed by atoms with Crippen LogP contribution >= 0.6 is 0 Å². The monoisotopic (exact) mass is 318 g/mol. The number of aliphatic carboxylic acids is 1. The van der Waals surface area contributed by atoms with E-state index in [9.17, 15) is 19.5 Å². The predicted molar refractivity (Wildman–Crippen MR) is 80.7 cm³/mol. The van der Waals surface area contributed by atoms with Crippen LogP contribution in [0.3, 0.4) is 0 Å². The molecule has 2 aliphatic rings. The number of rotatable bonds is 3. The molecule has 1 aliphatic carbocycles. The Labute approximate surface area is 132 Å². The van der Waals surface area contributed by atoms with Crippen molar-refractivity contribution in [2.45, 2.75) is 37.6 Å². The van der Waals surface area contributed by atoms with Gasteiger partial charge >= 0.3 is 5.97 Å². The Morgan fingerprint density at radius 2 is 1.96 bits per heavy atom. The smallest absolute Gasteiger partial charge is 0.322 e. The zero-order valence-corrected chi connectivity index (χ0v) is 12.5. The minimum atomic E-state index is -1.21. The number of carbonyl (C=O) groups excluding carboxylic acids is 2. The van der Waals surface area contributed by atoms with Gasteiger partial charge in [0.2, 0.25) is 0 Å². The Morgan fingerprint density at radius 1 is 1.26 bits per heavy atom. The molecule has 1 aromatic rings. The summed E-state index contributed by atoms with van der Waals surface area (Å²) in [6.07, 6.45) is 5.73. The summed E-state index contributed by atoms with van der Waals surface area (Å²) in [5.74, 6) is -2.87. The van der Waals surface area contributed by atoms with Crippen molar-refractivity contribution in [3.8, 4) is 0 Å². The molecule has 1 spiro atoms. The SMILES string of the molecule is O=C(O)CNC(=O)C1=C(O)c2cccn2C2(CCCCC2)C1=O. The standard InChI is InChI=1S/C16H18N2O5/c19-11(20)9-17-15(23)12-13(21)10-5-4-8-18(10)16(14(12)22)6-2-1-3-7-16/h4-5,8,21H,1-3,6-7,9H2,(H,17,23)(H,19,20). The summed E-state index contributed by atoms with van der Waals surface area (Å²) in [5, 5.41) is 21.2. The van der Waals surface area contributed by atoms with Gasteiger partial charge in [-0.25, -0.2) is 0 Å². The van der Waals surface area contributed by atoms with Crippen LogP contribution in [-0.2, 0) is 19.9 Å². The van der Waals surface area contributed by atoms with Crippen LogP contribution < -0.4 is 5.32 Å². The summed E-state index contributed by atoms with van der Waals surface area (Å²) in [7, 11) is 0. The molecule has 23 heavy (non-hydrogen) atoms. The number of aliphatic hydroxyl groups is 1. The van der Waals surface area contributed by atoms with E-state index in [1.54, 1.807) is 22.9 Å². The average molecular weight is 318 g/mol. The maximum atomic E-state index is 13.0. The number of carboxylic acids is 1. The number of carboxylic acid groups (broad SMARTS) is 1. The number of aromatic nitrogens is 1. The van der Waals surface area contributed by atoms with E-state index in [0.717, 1.165) is 19.3 Å². The maximum Gasteiger partial charge on any atom is 0.322 e. The van der Waals surface area contributed by atoms with Crippen molar-refractivity contribution in [2.24, 2.45) is 0 Å². The fourth-order valence-corrected chi connectivity index (χ4v) is 3.58. The Hall–Kier alpha value is -2.57. The number of amides is 1. The quantitative estimate of drug-likeness (QED) is 0.726. The van der Waals surface area contributed by atoms with Gasteiger partial charge in [0, 0.05) is 6.20 Å². The Bertz CT molecular complexity index is 710. The second-order valence-electron chi connectivity index (χ2n) is 5.98. The van der Waals surface area contributed by atoms with Crippen molar-refractivity contribution >= 4 is 23.4 Å². The van der Waals surface area contributed by atoms with Crippen LogP contribution in [0.15, 0.2) is 23.9 Å². The molecule has 122 valence electrons. The fraction of sp³-hybridized carbons (Fsp3) is 0.438. The first-order chi connectivity index (χ1) is 11.0. The third-order valence-electron chi connectivity index (χ3n) is 4.65. The van der Waals surface area contributed by atoms with E-state index in [-0.39, 0.29) is 11.3 Å². The normalized spacial score (nSPS) is 19.6. The predicted octanol–water partition coefficient (Wildman–Crippen LogP) is 1.20. The molecule has 3 rings (SSSR count). The molecular weight excluding hydrogens is 300 g/mol. The third-order valence-corrected chi connectivity index (χ3v) is 4.65. The summed E-state index contributed by atoms with van der Waals surface area (Å²) in [5.41, 5.74) is -0.759. The van der Waals surface area contributed by atoms with Crippen LogP contribution in [0.4, 0.5) is 0 Å². The van der Waals surface area contributed by atoms with Crippen molar-refractivity contribution < 1.29 is 24.6 Å². The zero-order chi connectivity index (χ0) is 16.6. The number of fused-ring (bicyclic) bond motifs is 2. The molecule has 0 atom stereocenters. The largest absolute Gasteiger partial charge is 0.505 e. The van der Waals surface area contributed by atoms with E-state index in [2.05, 4.69) is 5.32 Å². The molecule has 7 nitrogen and oxygen atoms in total. The summed E-state index contributed by atoms with van der Waals surface area (Å²) in [6.45, 7) is -0.600. The zero-order valence-electron chi connectivity index (χ0n) is 12.5. The lowest BCUT2D eigenvalue weighted by Crippen LogP contribution is -2.50. The van der Waals surface area contributed by atoms with Crippen molar-refractivity contribution in [3.05, 3.63) is 29.6 Å². The number of aliphatic hydroxyl groups excluding tert-OH is 1. The lowest BCUT2D eigenvalue weighted by molar-refractivity contribution is -0.138. The first-order valence-corrected chi connectivity index (χ1v) is 7.63. The van der Waals surface area contributed by atoms with Crippen molar-refractivity contribution in [1.29, 1.82) is 0 Å². The highest BCUT2D eigenvalue weighted by molar-refractivity contribution is 6.27. The Kier molecular flexibility index (Phi) is 3.71. The number of ketones is 1. The molecule has 3 N–H and O–H groups in total. The van der Waals surface area contributed by atoms with Gasteiger partial charge in [-0.15, -0.1) is 0 Å². The molecule has 1 saturated carbocycles. The van der Waals surface area contributed by atoms with Crippen LogP contribution in [0.2, 0.25) is 0 Å². The summed E-state index contributed by atoms with van der Waals surface area (Å²) in [6, 6.07) is 3.38. The highest BCUT2D eigenvalue weighted by Crippen LogP contribution is 2.43. The number of nitrogens with one attached hydrogen (secondary N) is 1. The molecule has 0 bridgehead atoms. The van der Waals surface area contributed by atoms with Crippen LogP contribution in [0.5, 0.6) is 0 Å². The van der Waals surface area contributed by atoms with Gasteiger partial charge in [0.15, 0.2) is 11.5 Å². The van der Waals surface area contributed by atoms with Crippen LogP contribution in [0, 0.1) is 0 Å². The molecule has 1 amide bonds. The van der Waals surface area contributed by atoms with Gasteiger partial charge in [0.1, 0.15) is 17.7 Å². The molecule has 2 heterocycles. The van der Waals surface area contributed by atoms with Gasteiger partial charge in [-0.2, -0.15) is 0 Å². The number of Topliss-reactive ketones (excluding diaryl/α,β-unsaturated/α-hetero) is 1. The lowest BCUT2D eigenvalue weighted by atomic mass is 9.74. The van der Waals surface area contributed by atoms with E-state index in [0.29, 0.717) is 18.5 Å². The second-order valence-corrected chi connectivity index (χ2v) is 5.98. The van der Waals surface area contributed by atoms with Crippen LogP contribution in [0.1, 0.15) is 37.8 Å². The number of carbonyl (C=O) groups is 3. The minimum Gasteiger partial charge on any atom is -0.505 e. The molecule has 1 aromatic heterocycles. The van der Waals surface area contributed by atoms with E-state index >= 15 is 0 Å². The number of hydrogen-bond acceptors (Lipinski definition) is 4. The Morgan fingerprint density at radius 3 is 2.61 bits per heavy atom. The van der Waals surface area contributed by atoms with E-state index in [4.69, 9.17) is 5.11 Å². The maximum absolute atomic E-state index is 13.0. The van der Waals surface area contributed by atoms with Gasteiger partial charge < -0.3 is 20.1 Å². The van der Waals surface area contributed by atoms with Gasteiger partial charge in [0.25, 0.3) is 5.91 Å². The Balaban J connectivity index is 2.05. The summed E-state index contributed by atoms with van der Waals surface area (Å²) < 4.78 is 1.76. The minimum absolute atomic E-state index is 0.334. The highest BCUT2D eigenvalue weighted by Gasteiger charge is 2.49. The molecule has 7 heteroatoms. The van der Waals surface area contributed by atoms with Gasteiger partial charge in [-0.3, -0.25) is 14.4 Å². The second kappa shape index (κ2) is 5.57. The van der Waals surface area contributed by atoms with Crippen molar-refractivity contribution in [3.63, 3.8) is 0 Å². The number of nitrogens with zero attached hydrogens (tertiary/aromatic N) is 1. The first kappa shape index (κ1) is 15.3. The van der Waals surface area contributed by atoms with Gasteiger partial charge in [-0.1, -0.05) is 19.3 Å². The van der Waals surface area contributed by atoms with E-state index < -0.39 is 29.7 Å². The van der Waals surface area contributed by atoms with Crippen molar-refractivity contribution in [2.75, 3.05) is 6.54 Å². The molecule has 0 saturated heterocycles. The third kappa shape index (κ3) is 2.32. The highest BCUT2D eigenvalue weighted by atomic mass is 16.4. The van der Waals surface area contributed by atoms with E-state index in [1.165, 1.54) is 0 Å². The van der Waals surface area contributed by atoms with Gasteiger partial charge in [-0.05, 0) is 25.0 Å². The van der Waals surface area contributed by atoms with Gasteiger partial charge in [0.05, 0.1) is 5.69 Å². The lowest BCUT2D eigenvalue weighted by Gasteiger charge is -2.41. The number of hydrogen-bond donors (Lipinski definition) is 3. The molecule has 0 unspecified atom stereocenters. The summed E-state index contributed by atoms with van der Waals surface area (Å²) in [4.78, 5) is 35.9. The first-order valence-electron chi connectivity index (χ1n) is 7.63. The topological polar surface area (TPSA) is 109 Å². The van der Waals surface area contributed by atoms with Crippen LogP contribution in [-0.4, -0.2) is 39.0 Å². The van der Waals surface area contributed by atoms with Crippen LogP contribution in [0.25, 0.3) is 5.76 Å². The van der Waals surface area contributed by atoms with Crippen molar-refractivity contribution in [1.82, 2.24) is 9.88 Å². The molecule has 1 fully saturated rings. The summed E-state index contributed by atoms with van der Waals surface area (Å²) >= 11 is 0. The fourth-order valence-electron chi connectivity index (χ4n) is 3.58.